The van der Waals surface area contributed by atoms with Crippen molar-refractivity contribution in [2.45, 2.75) is 44.4 Å². The highest BCUT2D eigenvalue weighted by Gasteiger charge is 2.41. The van der Waals surface area contributed by atoms with Crippen LogP contribution in [0.2, 0.25) is 0 Å². The smallest absolute Gasteiger partial charge is 0.163 e. The van der Waals surface area contributed by atoms with Crippen molar-refractivity contribution in [3.63, 3.8) is 0 Å². The van der Waals surface area contributed by atoms with Crippen LogP contribution in [-0.2, 0) is 14.3 Å². The van der Waals surface area contributed by atoms with Crippen molar-refractivity contribution < 1.29 is 19.1 Å². The van der Waals surface area contributed by atoms with Crippen molar-refractivity contribution in [2.24, 2.45) is 0 Å². The topological polar surface area (TPSA) is 52.6 Å². The first-order valence-corrected chi connectivity index (χ1v) is 9.95. The fraction of sp³-hybridized carbons (Fsp3) is 0.364. The number of hydrogen-bond donors (Lipinski definition) is 0. The predicted molar refractivity (Wildman–Crippen MR) is 104 cm³/mol. The highest BCUT2D eigenvalue weighted by atomic mass is 79.9. The average Bonchev–Trinajstić information content (AvgIpc) is 2.66. The maximum absolute atomic E-state index is 12.8. The molecular formula is C22H19BrO4. The highest BCUT2D eigenvalue weighted by Crippen LogP contribution is 2.48. The van der Waals surface area contributed by atoms with Crippen LogP contribution in [0.15, 0.2) is 45.3 Å². The zero-order chi connectivity index (χ0) is 19.0. The molecule has 0 fully saturated rings. The third-order valence-electron chi connectivity index (χ3n) is 5.24. The standard InChI is InChI=1S/C22H19BrO4/c1-2-11-26-17-10-9-13(12-14(17)23)20-21-15(24)5-3-7-18(21)27-19-8-4-6-16(25)22(19)20/h1,9-10,12,20H,3-8,11H2. The van der Waals surface area contributed by atoms with Gasteiger partial charge in [0.2, 0.25) is 0 Å². The van der Waals surface area contributed by atoms with E-state index in [1.807, 2.05) is 18.2 Å². The molecule has 2 aliphatic carbocycles. The van der Waals surface area contributed by atoms with Crippen molar-refractivity contribution in [1.29, 1.82) is 0 Å². The fourth-order valence-corrected chi connectivity index (χ4v) is 4.60. The molecule has 0 amide bonds. The summed E-state index contributed by atoms with van der Waals surface area (Å²) in [6.07, 6.45) is 9.34. The van der Waals surface area contributed by atoms with Crippen LogP contribution in [0.1, 0.15) is 50.0 Å². The third-order valence-corrected chi connectivity index (χ3v) is 5.86. The first-order chi connectivity index (χ1) is 13.1. The Hall–Kier alpha value is -2.32. The van der Waals surface area contributed by atoms with Gasteiger partial charge in [-0.3, -0.25) is 9.59 Å². The minimum absolute atomic E-state index is 0.0787. The molecule has 138 valence electrons. The first-order valence-electron chi connectivity index (χ1n) is 9.16. The number of terminal acetylenes is 1. The van der Waals surface area contributed by atoms with Crippen molar-refractivity contribution in [1.82, 2.24) is 0 Å². The molecular weight excluding hydrogens is 408 g/mol. The van der Waals surface area contributed by atoms with Crippen LogP contribution in [0.4, 0.5) is 0 Å². The zero-order valence-corrected chi connectivity index (χ0v) is 16.4. The summed E-state index contributed by atoms with van der Waals surface area (Å²) in [5, 5.41) is 0. The lowest BCUT2D eigenvalue weighted by molar-refractivity contribution is -0.117. The number of Topliss-reactive ketones (excluding diaryl/α,β-unsaturated/α-hetero) is 2. The van der Waals surface area contributed by atoms with E-state index in [9.17, 15) is 9.59 Å². The number of ketones is 2. The Morgan fingerprint density at radius 2 is 1.70 bits per heavy atom. The fourth-order valence-electron chi connectivity index (χ4n) is 4.08. The van der Waals surface area contributed by atoms with E-state index in [0.29, 0.717) is 29.7 Å². The van der Waals surface area contributed by atoms with Gasteiger partial charge in [0.15, 0.2) is 11.6 Å². The van der Waals surface area contributed by atoms with Crippen LogP contribution < -0.4 is 4.74 Å². The van der Waals surface area contributed by atoms with Crippen molar-refractivity contribution in [2.75, 3.05) is 6.61 Å². The SMILES string of the molecule is C#CCOc1ccc(C2C3=C(CCCC3=O)OC3=C2C(=O)CCC3)cc1Br. The number of benzene rings is 1. The lowest BCUT2D eigenvalue weighted by Crippen LogP contribution is -2.30. The summed E-state index contributed by atoms with van der Waals surface area (Å²) in [7, 11) is 0. The molecule has 0 N–H and O–H groups in total. The molecule has 0 bridgehead atoms. The molecule has 1 aromatic rings. The molecule has 0 aromatic heterocycles. The Balaban J connectivity index is 1.82. The summed E-state index contributed by atoms with van der Waals surface area (Å²) in [6, 6.07) is 5.65. The summed E-state index contributed by atoms with van der Waals surface area (Å²) in [5.41, 5.74) is 2.20. The van der Waals surface area contributed by atoms with E-state index in [4.69, 9.17) is 15.9 Å². The van der Waals surface area contributed by atoms with Gasteiger partial charge in [-0.25, -0.2) is 0 Å². The van der Waals surface area contributed by atoms with E-state index in [1.54, 1.807) is 0 Å². The second-order valence-corrected chi connectivity index (χ2v) is 7.80. The predicted octanol–water partition coefficient (Wildman–Crippen LogP) is 4.59. The van der Waals surface area contributed by atoms with Crippen LogP contribution in [-0.4, -0.2) is 18.2 Å². The Labute approximate surface area is 166 Å². The number of halogens is 1. The molecule has 27 heavy (non-hydrogen) atoms. The minimum atomic E-state index is -0.359. The zero-order valence-electron chi connectivity index (χ0n) is 14.8. The van der Waals surface area contributed by atoms with Crippen LogP contribution >= 0.6 is 15.9 Å². The normalized spacial score (nSPS) is 20.0. The van der Waals surface area contributed by atoms with E-state index in [0.717, 1.165) is 47.2 Å². The Morgan fingerprint density at radius 1 is 1.07 bits per heavy atom. The molecule has 0 unspecified atom stereocenters. The summed E-state index contributed by atoms with van der Waals surface area (Å²) in [4.78, 5) is 25.5. The molecule has 0 saturated carbocycles. The molecule has 1 heterocycles. The van der Waals surface area contributed by atoms with Gasteiger partial charge < -0.3 is 9.47 Å². The number of carbonyl (C=O) groups is 2. The number of allylic oxidation sites excluding steroid dienone is 4. The van der Waals surface area contributed by atoms with Crippen molar-refractivity contribution >= 4 is 27.5 Å². The Kier molecular flexibility index (Phi) is 4.92. The van der Waals surface area contributed by atoms with Gasteiger partial charge in [0.1, 0.15) is 23.9 Å². The molecule has 0 radical (unpaired) electrons. The Morgan fingerprint density at radius 3 is 2.26 bits per heavy atom. The van der Waals surface area contributed by atoms with Gasteiger partial charge in [0.05, 0.1) is 4.47 Å². The molecule has 0 saturated heterocycles. The second-order valence-electron chi connectivity index (χ2n) is 6.94. The van der Waals surface area contributed by atoms with E-state index in [1.165, 1.54) is 0 Å². The minimum Gasteiger partial charge on any atom is -0.480 e. The van der Waals surface area contributed by atoms with Gasteiger partial charge in [-0.05, 0) is 46.5 Å². The van der Waals surface area contributed by atoms with Crippen LogP contribution in [0.5, 0.6) is 5.75 Å². The van der Waals surface area contributed by atoms with Crippen LogP contribution in [0.3, 0.4) is 0 Å². The summed E-state index contributed by atoms with van der Waals surface area (Å²) in [6.45, 7) is 0.177. The van der Waals surface area contributed by atoms with Gasteiger partial charge in [-0.1, -0.05) is 12.0 Å². The Bertz CT molecular complexity index is 890. The molecule has 0 atom stereocenters. The molecule has 5 heteroatoms. The second kappa shape index (κ2) is 7.36. The van der Waals surface area contributed by atoms with Crippen molar-refractivity contribution in [3.8, 4) is 18.1 Å². The molecule has 4 rings (SSSR count). The third kappa shape index (κ3) is 3.23. The quantitative estimate of drug-likeness (QED) is 0.663. The lowest BCUT2D eigenvalue weighted by atomic mass is 9.73. The molecule has 3 aliphatic rings. The highest BCUT2D eigenvalue weighted by molar-refractivity contribution is 9.10. The molecule has 1 aromatic carbocycles. The van der Waals surface area contributed by atoms with E-state index < -0.39 is 0 Å². The molecule has 1 aliphatic heterocycles. The van der Waals surface area contributed by atoms with Gasteiger partial charge in [-0.2, -0.15) is 0 Å². The number of hydrogen-bond acceptors (Lipinski definition) is 4. The largest absolute Gasteiger partial charge is 0.480 e. The lowest BCUT2D eigenvalue weighted by Gasteiger charge is -2.36. The van der Waals surface area contributed by atoms with Crippen molar-refractivity contribution in [3.05, 3.63) is 50.9 Å². The summed E-state index contributed by atoms with van der Waals surface area (Å²) >= 11 is 3.52. The number of rotatable bonds is 3. The maximum atomic E-state index is 12.8. The van der Waals surface area contributed by atoms with E-state index in [2.05, 4.69) is 21.9 Å². The molecule has 0 spiro atoms. The average molecular weight is 427 g/mol. The molecule has 4 nitrogen and oxygen atoms in total. The van der Waals surface area contributed by atoms with Gasteiger partial charge in [0, 0.05) is 42.7 Å². The maximum Gasteiger partial charge on any atom is 0.163 e. The van der Waals surface area contributed by atoms with Gasteiger partial charge >= 0.3 is 0 Å². The first kappa shape index (κ1) is 18.1. The van der Waals surface area contributed by atoms with Gasteiger partial charge in [0.25, 0.3) is 0 Å². The van der Waals surface area contributed by atoms with Gasteiger partial charge in [-0.15, -0.1) is 6.42 Å². The van der Waals surface area contributed by atoms with E-state index in [-0.39, 0.29) is 24.1 Å². The van der Waals surface area contributed by atoms with Crippen LogP contribution in [0.25, 0.3) is 0 Å². The number of ether oxygens (including phenoxy) is 2. The summed E-state index contributed by atoms with van der Waals surface area (Å²) < 4.78 is 12.3. The number of carbonyl (C=O) groups excluding carboxylic acids is 2. The monoisotopic (exact) mass is 426 g/mol. The van der Waals surface area contributed by atoms with E-state index >= 15 is 0 Å². The summed E-state index contributed by atoms with van der Waals surface area (Å²) in [5.74, 6) is 4.37. The van der Waals surface area contributed by atoms with Crippen LogP contribution in [0, 0.1) is 12.3 Å².